The fraction of sp³-hybridized carbons (Fsp3) is 0.625. The summed E-state index contributed by atoms with van der Waals surface area (Å²) >= 11 is 0. The number of anilines is 1. The van der Waals surface area contributed by atoms with Gasteiger partial charge in [0.2, 0.25) is 0 Å². The highest BCUT2D eigenvalue weighted by Gasteiger charge is 2.47. The van der Waals surface area contributed by atoms with Crippen molar-refractivity contribution in [3.8, 4) is 5.75 Å². The monoisotopic (exact) mass is 262 g/mol. The minimum absolute atomic E-state index is 0.0120. The number of benzene rings is 1. The van der Waals surface area contributed by atoms with E-state index in [1.54, 1.807) is 7.11 Å². The molecule has 0 aliphatic heterocycles. The molecule has 1 aromatic carbocycles. The summed E-state index contributed by atoms with van der Waals surface area (Å²) in [5.74, 6) is 1.46. The molecule has 0 bridgehead atoms. The Morgan fingerprint density at radius 3 is 2.37 bits per heavy atom. The van der Waals surface area contributed by atoms with Crippen molar-refractivity contribution in [3.63, 3.8) is 0 Å². The maximum Gasteiger partial charge on any atom is 0.119 e. The van der Waals surface area contributed by atoms with Crippen molar-refractivity contribution in [1.82, 2.24) is 0 Å². The number of hydrogen-bond donors (Lipinski definition) is 2. The molecule has 2 unspecified atom stereocenters. The van der Waals surface area contributed by atoms with E-state index in [0.717, 1.165) is 17.9 Å². The smallest absolute Gasteiger partial charge is 0.119 e. The third kappa shape index (κ3) is 2.86. The summed E-state index contributed by atoms with van der Waals surface area (Å²) in [6, 6.07) is 8.09. The Balaban J connectivity index is 2.18. The summed E-state index contributed by atoms with van der Waals surface area (Å²) < 4.78 is 5.19. The van der Waals surface area contributed by atoms with Crippen molar-refractivity contribution in [2.75, 3.05) is 19.0 Å². The van der Waals surface area contributed by atoms with Crippen LogP contribution >= 0.6 is 0 Å². The molecule has 0 spiro atoms. The van der Waals surface area contributed by atoms with Gasteiger partial charge in [-0.15, -0.1) is 0 Å². The van der Waals surface area contributed by atoms with Crippen LogP contribution in [0.5, 0.6) is 5.75 Å². The number of nitrogens with two attached hydrogens (primary N) is 1. The number of nitrogens with one attached hydrogen (secondary N) is 1. The lowest BCUT2D eigenvalue weighted by atomic mass is 9.86. The van der Waals surface area contributed by atoms with Gasteiger partial charge in [-0.2, -0.15) is 0 Å². The van der Waals surface area contributed by atoms with E-state index in [4.69, 9.17) is 10.5 Å². The van der Waals surface area contributed by atoms with E-state index in [1.807, 2.05) is 12.1 Å². The molecule has 3 N–H and O–H groups in total. The summed E-state index contributed by atoms with van der Waals surface area (Å²) in [5.41, 5.74) is 7.59. The van der Waals surface area contributed by atoms with Gasteiger partial charge in [-0.3, -0.25) is 0 Å². The van der Waals surface area contributed by atoms with Crippen LogP contribution in [0.1, 0.15) is 33.6 Å². The maximum atomic E-state index is 6.10. The predicted octanol–water partition coefficient (Wildman–Crippen LogP) is 3.26. The molecule has 1 fully saturated rings. The molecular formula is C16H26N2O. The van der Waals surface area contributed by atoms with Crippen molar-refractivity contribution in [3.05, 3.63) is 24.3 Å². The molecule has 3 heteroatoms. The van der Waals surface area contributed by atoms with Crippen LogP contribution in [0.15, 0.2) is 24.3 Å². The van der Waals surface area contributed by atoms with Gasteiger partial charge in [0.15, 0.2) is 0 Å². The van der Waals surface area contributed by atoms with E-state index < -0.39 is 0 Å². The lowest BCUT2D eigenvalue weighted by molar-refractivity contribution is 0.350. The number of ether oxygens (including phenoxy) is 1. The van der Waals surface area contributed by atoms with E-state index in [-0.39, 0.29) is 5.54 Å². The molecule has 1 saturated carbocycles. The van der Waals surface area contributed by atoms with Crippen LogP contribution < -0.4 is 15.8 Å². The fourth-order valence-corrected chi connectivity index (χ4v) is 3.58. The first kappa shape index (κ1) is 14.2. The minimum Gasteiger partial charge on any atom is -0.497 e. The van der Waals surface area contributed by atoms with Gasteiger partial charge in [0, 0.05) is 12.2 Å². The molecule has 3 nitrogen and oxygen atoms in total. The van der Waals surface area contributed by atoms with Gasteiger partial charge in [0.25, 0.3) is 0 Å². The first-order valence-corrected chi connectivity index (χ1v) is 7.03. The highest BCUT2D eigenvalue weighted by Crippen LogP contribution is 2.48. The van der Waals surface area contributed by atoms with Crippen molar-refractivity contribution in [2.45, 2.75) is 39.2 Å². The second kappa shape index (κ2) is 5.04. The van der Waals surface area contributed by atoms with Crippen molar-refractivity contribution < 1.29 is 4.74 Å². The fourth-order valence-electron chi connectivity index (χ4n) is 3.58. The number of rotatable bonds is 4. The van der Waals surface area contributed by atoms with E-state index in [2.05, 4.69) is 38.2 Å². The molecule has 1 aliphatic rings. The Bertz CT molecular complexity index is 427. The van der Waals surface area contributed by atoms with Crippen LogP contribution in [0.2, 0.25) is 0 Å². The second-order valence-electron chi connectivity index (χ2n) is 6.66. The van der Waals surface area contributed by atoms with E-state index in [0.29, 0.717) is 17.9 Å². The quantitative estimate of drug-likeness (QED) is 0.875. The highest BCUT2D eigenvalue weighted by atomic mass is 16.5. The van der Waals surface area contributed by atoms with Gasteiger partial charge >= 0.3 is 0 Å². The van der Waals surface area contributed by atoms with Crippen molar-refractivity contribution in [1.29, 1.82) is 0 Å². The van der Waals surface area contributed by atoms with Gasteiger partial charge in [0.05, 0.1) is 12.6 Å². The largest absolute Gasteiger partial charge is 0.497 e. The molecule has 0 amide bonds. The molecular weight excluding hydrogens is 236 g/mol. The normalized spacial score (nSPS) is 29.2. The average Bonchev–Trinajstić information content (AvgIpc) is 2.60. The zero-order chi connectivity index (χ0) is 14.1. The standard InChI is InChI=1S/C16H26N2O/c1-12-9-15(2,3)10-16(12,11-17)18-13-5-7-14(19-4)8-6-13/h5-8,12,18H,9-11,17H2,1-4H3. The molecule has 0 radical (unpaired) electrons. The van der Waals surface area contributed by atoms with Gasteiger partial charge in [-0.1, -0.05) is 20.8 Å². The zero-order valence-corrected chi connectivity index (χ0v) is 12.5. The molecule has 2 rings (SSSR count). The Kier molecular flexibility index (Phi) is 3.77. The van der Waals surface area contributed by atoms with Crippen LogP contribution in [0.4, 0.5) is 5.69 Å². The molecule has 1 aliphatic carbocycles. The summed E-state index contributed by atoms with van der Waals surface area (Å²) in [4.78, 5) is 0. The van der Waals surface area contributed by atoms with Gasteiger partial charge in [0.1, 0.15) is 5.75 Å². The molecule has 106 valence electrons. The molecule has 0 saturated heterocycles. The Labute approximate surface area is 116 Å². The van der Waals surface area contributed by atoms with Gasteiger partial charge < -0.3 is 15.8 Å². The first-order valence-electron chi connectivity index (χ1n) is 7.03. The topological polar surface area (TPSA) is 47.3 Å². The summed E-state index contributed by atoms with van der Waals surface area (Å²) in [5, 5.41) is 3.68. The molecule has 1 aromatic rings. The second-order valence-corrected chi connectivity index (χ2v) is 6.66. The number of methoxy groups -OCH3 is 1. The van der Waals surface area contributed by atoms with Gasteiger partial charge in [-0.05, 0) is 48.4 Å². The number of hydrogen-bond acceptors (Lipinski definition) is 3. The van der Waals surface area contributed by atoms with E-state index in [9.17, 15) is 0 Å². The van der Waals surface area contributed by atoms with Crippen molar-refractivity contribution >= 4 is 5.69 Å². The van der Waals surface area contributed by atoms with Crippen LogP contribution in [0.3, 0.4) is 0 Å². The summed E-state index contributed by atoms with van der Waals surface area (Å²) in [6.45, 7) is 7.63. The SMILES string of the molecule is COc1ccc(NC2(CN)CC(C)(C)CC2C)cc1. The van der Waals surface area contributed by atoms with Crippen molar-refractivity contribution in [2.24, 2.45) is 17.1 Å². The van der Waals surface area contributed by atoms with Gasteiger partial charge in [-0.25, -0.2) is 0 Å². The first-order chi connectivity index (χ1) is 8.91. The Morgan fingerprint density at radius 2 is 1.95 bits per heavy atom. The average molecular weight is 262 g/mol. The Hall–Kier alpha value is -1.22. The lowest BCUT2D eigenvalue weighted by Gasteiger charge is -2.35. The van der Waals surface area contributed by atoms with Crippen LogP contribution in [-0.4, -0.2) is 19.2 Å². The molecule has 0 aromatic heterocycles. The van der Waals surface area contributed by atoms with Crippen LogP contribution in [0, 0.1) is 11.3 Å². The predicted molar refractivity (Wildman–Crippen MR) is 80.6 cm³/mol. The third-order valence-electron chi connectivity index (χ3n) is 4.44. The minimum atomic E-state index is 0.0120. The van der Waals surface area contributed by atoms with Crippen LogP contribution in [-0.2, 0) is 0 Å². The summed E-state index contributed by atoms with van der Waals surface area (Å²) in [6.07, 6.45) is 2.33. The third-order valence-corrected chi connectivity index (χ3v) is 4.44. The molecule has 0 heterocycles. The Morgan fingerprint density at radius 1 is 1.32 bits per heavy atom. The zero-order valence-electron chi connectivity index (χ0n) is 12.5. The highest BCUT2D eigenvalue weighted by molar-refractivity contribution is 5.49. The molecule has 2 atom stereocenters. The van der Waals surface area contributed by atoms with E-state index in [1.165, 1.54) is 6.42 Å². The molecule has 19 heavy (non-hydrogen) atoms. The van der Waals surface area contributed by atoms with E-state index >= 15 is 0 Å². The summed E-state index contributed by atoms with van der Waals surface area (Å²) in [7, 11) is 1.69. The van der Waals surface area contributed by atoms with Crippen LogP contribution in [0.25, 0.3) is 0 Å². The lowest BCUT2D eigenvalue weighted by Crippen LogP contribution is -2.48. The maximum absolute atomic E-state index is 6.10.